The van der Waals surface area contributed by atoms with Gasteiger partial charge in [0.1, 0.15) is 42.3 Å². The third-order valence-corrected chi connectivity index (χ3v) is 13.7. The average molecular weight is 1130 g/mol. The van der Waals surface area contributed by atoms with Crippen LogP contribution in [0.15, 0.2) is 119 Å². The van der Waals surface area contributed by atoms with E-state index in [0.29, 0.717) is 22.4 Å². The van der Waals surface area contributed by atoms with Gasteiger partial charge in [-0.3, -0.25) is 48.5 Å². The molecule has 7 rings (SSSR count). The van der Waals surface area contributed by atoms with Gasteiger partial charge in [0.2, 0.25) is 41.4 Å². The van der Waals surface area contributed by atoms with Gasteiger partial charge in [-0.15, -0.1) is 0 Å². The standard InChI is InChI=1S/C55H72N20O7/c56-53(57)63-20-8-17-39-46(76)69-40(18-9-21-64-54(58)59)48(78)75-45(26-34-29-62-30-68-34)52(82)72-42(23-31-11-2-1-3-12-31)49(79)70-41(19-10-22-65-55(60)61)47(77)73-44(25-33-28-67-38-16-7-5-14-36(33)38)51(81)74-43(50(80)71-39)24-32-27-66-37-15-6-4-13-35(32)37/h1-7,11-16,27-30,39-45,66-67H,8-10,17-26H2,(H,62,68)(H,69,76)(H,70,79)(H,71,80)(H,72,82)(H,73,77)(H,74,81)(H,75,78)(H4,56,57,63)(H4,58,59,64)(H4,60,61,65)/t39-,40-,41-,42-,43-,44-,45-/m0/s1. The number of nitrogens with one attached hydrogen (secondary N) is 10. The molecule has 27 heteroatoms. The monoisotopic (exact) mass is 1120 g/mol. The van der Waals surface area contributed by atoms with E-state index in [-0.39, 0.29) is 102 Å². The summed E-state index contributed by atoms with van der Waals surface area (Å²) in [5, 5.41) is 21.3. The average Bonchev–Trinajstić information content (AvgIpc) is 4.25. The lowest BCUT2D eigenvalue weighted by molar-refractivity contribution is -0.135. The number of amides is 7. The van der Waals surface area contributed by atoms with Crippen molar-refractivity contribution in [3.8, 4) is 0 Å². The lowest BCUT2D eigenvalue weighted by Gasteiger charge is -2.27. The van der Waals surface area contributed by atoms with E-state index < -0.39 is 83.6 Å². The summed E-state index contributed by atoms with van der Waals surface area (Å²) in [6, 6.07) is 13.8. The number of aromatic amines is 3. The van der Waals surface area contributed by atoms with E-state index in [1.165, 1.54) is 12.5 Å². The number of carbonyl (C=O) groups excluding carboxylic acids is 7. The van der Waals surface area contributed by atoms with E-state index in [0.717, 1.165) is 21.8 Å². The number of nitrogens with two attached hydrogens (primary N) is 6. The number of carbonyl (C=O) groups is 7. The number of imidazole rings is 1. The molecule has 27 nitrogen and oxygen atoms in total. The molecule has 1 aliphatic heterocycles. The molecule has 22 N–H and O–H groups in total. The van der Waals surface area contributed by atoms with Gasteiger partial charge in [0.25, 0.3) is 0 Å². The summed E-state index contributed by atoms with van der Waals surface area (Å²) in [6.45, 7) is 0.169. The largest absolute Gasteiger partial charge is 0.370 e. The van der Waals surface area contributed by atoms with Crippen molar-refractivity contribution in [1.82, 2.24) is 57.2 Å². The highest BCUT2D eigenvalue weighted by Crippen LogP contribution is 2.22. The Hall–Kier alpha value is -9.95. The summed E-state index contributed by atoms with van der Waals surface area (Å²) < 4.78 is 0. The molecule has 0 radical (unpaired) electrons. The molecule has 1 aliphatic rings. The van der Waals surface area contributed by atoms with Crippen LogP contribution < -0.4 is 71.6 Å². The minimum absolute atomic E-state index is 0.0530. The first-order valence-electron chi connectivity index (χ1n) is 26.9. The second-order valence-electron chi connectivity index (χ2n) is 19.9. The van der Waals surface area contributed by atoms with Crippen LogP contribution in [0.2, 0.25) is 0 Å². The van der Waals surface area contributed by atoms with Crippen LogP contribution in [-0.2, 0) is 59.2 Å². The van der Waals surface area contributed by atoms with Crippen LogP contribution in [0.5, 0.6) is 0 Å². The molecule has 7 amide bonds. The normalized spacial score (nSPS) is 20.6. The molecule has 82 heavy (non-hydrogen) atoms. The maximum absolute atomic E-state index is 15.2. The Morgan fingerprint density at radius 3 is 1.12 bits per heavy atom. The molecule has 1 saturated heterocycles. The van der Waals surface area contributed by atoms with Crippen molar-refractivity contribution in [1.29, 1.82) is 0 Å². The molecular weight excluding hydrogens is 1050 g/mol. The second-order valence-corrected chi connectivity index (χ2v) is 19.9. The zero-order valence-corrected chi connectivity index (χ0v) is 45.2. The van der Waals surface area contributed by atoms with E-state index in [1.807, 2.05) is 48.5 Å². The molecule has 434 valence electrons. The van der Waals surface area contributed by atoms with Crippen LogP contribution in [0.4, 0.5) is 0 Å². The van der Waals surface area contributed by atoms with Gasteiger partial charge < -0.3 is 86.6 Å². The first-order chi connectivity index (χ1) is 39.5. The molecule has 6 aromatic rings. The van der Waals surface area contributed by atoms with Gasteiger partial charge in [-0.2, -0.15) is 0 Å². The van der Waals surface area contributed by atoms with Crippen molar-refractivity contribution in [2.24, 2.45) is 49.4 Å². The molecular formula is C55H72N20O7. The Bertz CT molecular complexity index is 3230. The fraction of sp³-hybridized carbons (Fsp3) is 0.364. The smallest absolute Gasteiger partial charge is 0.243 e. The van der Waals surface area contributed by atoms with Gasteiger partial charge in [0.15, 0.2) is 17.9 Å². The summed E-state index contributed by atoms with van der Waals surface area (Å²) >= 11 is 0. The third kappa shape index (κ3) is 17.5. The van der Waals surface area contributed by atoms with Crippen LogP contribution >= 0.6 is 0 Å². The van der Waals surface area contributed by atoms with E-state index in [1.54, 1.807) is 42.7 Å². The predicted molar refractivity (Wildman–Crippen MR) is 310 cm³/mol. The van der Waals surface area contributed by atoms with Gasteiger partial charge >= 0.3 is 0 Å². The van der Waals surface area contributed by atoms with E-state index in [9.17, 15) is 24.0 Å². The Kier molecular flexibility index (Phi) is 21.3. The lowest BCUT2D eigenvalue weighted by atomic mass is 10.00. The Morgan fingerprint density at radius 2 is 0.744 bits per heavy atom. The number of nitrogens with zero attached hydrogens (tertiary/aromatic N) is 4. The van der Waals surface area contributed by atoms with Gasteiger partial charge in [-0.05, 0) is 67.3 Å². The van der Waals surface area contributed by atoms with Crippen molar-refractivity contribution >= 4 is 81.0 Å². The van der Waals surface area contributed by atoms with Crippen LogP contribution in [0.25, 0.3) is 21.8 Å². The maximum atomic E-state index is 15.2. The molecule has 0 spiro atoms. The number of rotatable bonds is 20. The number of fused-ring (bicyclic) bond motifs is 2. The fourth-order valence-corrected chi connectivity index (χ4v) is 9.57. The molecule has 0 saturated carbocycles. The maximum Gasteiger partial charge on any atom is 0.243 e. The molecule has 1 fully saturated rings. The Morgan fingerprint density at radius 1 is 0.402 bits per heavy atom. The number of aliphatic imine (C=N–C) groups is 3. The predicted octanol–water partition coefficient (Wildman–Crippen LogP) is -1.79. The highest BCUT2D eigenvalue weighted by atomic mass is 16.2. The number of hydrogen-bond donors (Lipinski definition) is 16. The fourth-order valence-electron chi connectivity index (χ4n) is 9.57. The quantitative estimate of drug-likeness (QED) is 0.0228. The minimum Gasteiger partial charge on any atom is -0.370 e. The number of guanidine groups is 3. The van der Waals surface area contributed by atoms with Gasteiger partial charge in [-0.25, -0.2) is 4.98 Å². The molecule has 3 aromatic heterocycles. The molecule has 0 unspecified atom stereocenters. The highest BCUT2D eigenvalue weighted by Gasteiger charge is 2.36. The van der Waals surface area contributed by atoms with Crippen molar-refractivity contribution in [2.75, 3.05) is 19.6 Å². The van der Waals surface area contributed by atoms with E-state index >= 15 is 9.59 Å². The molecule has 4 heterocycles. The highest BCUT2D eigenvalue weighted by molar-refractivity contribution is 5.99. The molecule has 7 atom stereocenters. The van der Waals surface area contributed by atoms with Crippen LogP contribution in [0.3, 0.4) is 0 Å². The van der Waals surface area contributed by atoms with Crippen LogP contribution in [0, 0.1) is 0 Å². The summed E-state index contributed by atoms with van der Waals surface area (Å²) in [7, 11) is 0. The van der Waals surface area contributed by atoms with E-state index in [2.05, 4.69) is 72.1 Å². The van der Waals surface area contributed by atoms with Gasteiger partial charge in [0.05, 0.1) is 6.33 Å². The van der Waals surface area contributed by atoms with Crippen molar-refractivity contribution < 1.29 is 33.6 Å². The molecule has 0 bridgehead atoms. The number of benzene rings is 3. The number of para-hydroxylation sites is 2. The molecule has 3 aromatic carbocycles. The summed E-state index contributed by atoms with van der Waals surface area (Å²) in [5.41, 5.74) is 37.7. The van der Waals surface area contributed by atoms with Crippen LogP contribution in [0.1, 0.15) is 60.9 Å². The third-order valence-electron chi connectivity index (χ3n) is 13.7. The van der Waals surface area contributed by atoms with Crippen molar-refractivity contribution in [3.05, 3.63) is 126 Å². The van der Waals surface area contributed by atoms with Gasteiger partial charge in [0, 0.05) is 91.4 Å². The summed E-state index contributed by atoms with van der Waals surface area (Å²) in [5.74, 6) is -6.22. The topological polar surface area (TPSA) is 457 Å². The first kappa shape index (κ1) is 59.7. The van der Waals surface area contributed by atoms with E-state index in [4.69, 9.17) is 34.4 Å². The Labute approximate surface area is 471 Å². The van der Waals surface area contributed by atoms with Crippen molar-refractivity contribution in [3.63, 3.8) is 0 Å². The zero-order chi connectivity index (χ0) is 58.5. The lowest BCUT2D eigenvalue weighted by Crippen LogP contribution is -2.60. The number of hydrogen-bond acceptors (Lipinski definition) is 11. The Balaban J connectivity index is 1.35. The van der Waals surface area contributed by atoms with Gasteiger partial charge in [-0.1, -0.05) is 66.7 Å². The summed E-state index contributed by atoms with van der Waals surface area (Å²) in [6.07, 6.45) is 6.11. The molecule has 0 aliphatic carbocycles. The van der Waals surface area contributed by atoms with Crippen LogP contribution in [-0.4, -0.2) is 141 Å². The number of H-pyrrole nitrogens is 3. The number of aromatic nitrogens is 4. The van der Waals surface area contributed by atoms with Crippen molar-refractivity contribution in [2.45, 2.75) is 107 Å². The SMILES string of the molecule is NC(N)=NCCC[C@@H]1NC(=O)[C@H](CCCN=C(N)N)NC(=O)[C@H](Cc2c[nH]c3ccccc23)NC(=O)[C@H](Cc2c[nH]c3ccccc23)NC(=O)[C@H](CCCN=C(N)N)NC(=O)[C@H](Cc2ccccc2)NC(=O)[C@H](Cc2cnc[nH]2)NC1=O. The minimum atomic E-state index is -1.41. The second kappa shape index (κ2) is 29.3. The first-order valence-corrected chi connectivity index (χ1v) is 26.9. The summed E-state index contributed by atoms with van der Waals surface area (Å²) in [4.78, 5) is 130. The zero-order valence-electron chi connectivity index (χ0n) is 45.2.